The summed E-state index contributed by atoms with van der Waals surface area (Å²) >= 11 is 0. The second-order valence-electron chi connectivity index (χ2n) is 5.88. The summed E-state index contributed by atoms with van der Waals surface area (Å²) in [6.45, 7) is 7.99. The number of esters is 1. The van der Waals surface area contributed by atoms with E-state index in [2.05, 4.69) is 18.8 Å². The first-order valence-electron chi connectivity index (χ1n) is 8.20. The first-order chi connectivity index (χ1) is 10.1. The van der Waals surface area contributed by atoms with Crippen molar-refractivity contribution in [3.63, 3.8) is 0 Å². The van der Waals surface area contributed by atoms with Gasteiger partial charge in [0.15, 0.2) is 0 Å². The predicted molar refractivity (Wildman–Crippen MR) is 83.7 cm³/mol. The van der Waals surface area contributed by atoms with Crippen LogP contribution in [0.25, 0.3) is 0 Å². The van der Waals surface area contributed by atoms with Crippen molar-refractivity contribution in [2.75, 3.05) is 6.54 Å². The summed E-state index contributed by atoms with van der Waals surface area (Å²) in [5, 5.41) is 2.78. The second kappa shape index (κ2) is 9.59. The first kappa shape index (κ1) is 17.7. The SMILES string of the molecule is C=CCNC(=O)C1[C@H](CCCCCCCC)OC(=O)[C@@H]1C. The van der Waals surface area contributed by atoms with Crippen molar-refractivity contribution in [2.45, 2.75) is 64.9 Å². The molecule has 0 aromatic heterocycles. The van der Waals surface area contributed by atoms with Crippen LogP contribution in [-0.4, -0.2) is 24.5 Å². The van der Waals surface area contributed by atoms with Gasteiger partial charge in [-0.25, -0.2) is 0 Å². The van der Waals surface area contributed by atoms with Crippen LogP contribution in [0.15, 0.2) is 12.7 Å². The number of nitrogens with one attached hydrogen (secondary N) is 1. The molecular weight excluding hydrogens is 266 g/mol. The molecule has 1 aliphatic heterocycles. The van der Waals surface area contributed by atoms with Gasteiger partial charge < -0.3 is 10.1 Å². The molecule has 1 N–H and O–H groups in total. The van der Waals surface area contributed by atoms with Crippen LogP contribution in [-0.2, 0) is 14.3 Å². The molecule has 1 saturated heterocycles. The minimum atomic E-state index is -0.354. The molecule has 0 bridgehead atoms. The highest BCUT2D eigenvalue weighted by atomic mass is 16.6. The topological polar surface area (TPSA) is 55.4 Å². The molecular formula is C17H29NO3. The smallest absolute Gasteiger partial charge is 0.309 e. The molecule has 0 aromatic carbocycles. The van der Waals surface area contributed by atoms with Crippen LogP contribution in [0, 0.1) is 11.8 Å². The van der Waals surface area contributed by atoms with Crippen molar-refractivity contribution in [3.8, 4) is 0 Å². The molecule has 0 spiro atoms. The van der Waals surface area contributed by atoms with Gasteiger partial charge in [0, 0.05) is 6.54 Å². The highest BCUT2D eigenvalue weighted by molar-refractivity contribution is 5.88. The van der Waals surface area contributed by atoms with Crippen LogP contribution in [0.2, 0.25) is 0 Å². The van der Waals surface area contributed by atoms with Gasteiger partial charge in [-0.1, -0.05) is 52.0 Å². The van der Waals surface area contributed by atoms with Gasteiger partial charge in [0.25, 0.3) is 0 Å². The fourth-order valence-corrected chi connectivity index (χ4v) is 2.85. The Balaban J connectivity index is 2.40. The van der Waals surface area contributed by atoms with E-state index in [1.807, 2.05) is 0 Å². The average molecular weight is 295 g/mol. The van der Waals surface area contributed by atoms with Crippen molar-refractivity contribution in [2.24, 2.45) is 11.8 Å². The van der Waals surface area contributed by atoms with Gasteiger partial charge in [0.2, 0.25) is 5.91 Å². The maximum atomic E-state index is 12.2. The van der Waals surface area contributed by atoms with E-state index >= 15 is 0 Å². The number of hydrogen-bond acceptors (Lipinski definition) is 3. The highest BCUT2D eigenvalue weighted by Crippen LogP contribution is 2.31. The number of amides is 1. The number of ether oxygens (including phenoxy) is 1. The molecule has 3 atom stereocenters. The quantitative estimate of drug-likeness (QED) is 0.382. The number of carbonyl (C=O) groups is 2. The summed E-state index contributed by atoms with van der Waals surface area (Å²) in [5.74, 6) is -1.04. The highest BCUT2D eigenvalue weighted by Gasteiger charge is 2.45. The van der Waals surface area contributed by atoms with Gasteiger partial charge in [-0.15, -0.1) is 6.58 Å². The third-order valence-electron chi connectivity index (χ3n) is 4.14. The van der Waals surface area contributed by atoms with Crippen molar-refractivity contribution in [1.29, 1.82) is 0 Å². The van der Waals surface area contributed by atoms with E-state index in [9.17, 15) is 9.59 Å². The minimum absolute atomic E-state index is 0.0933. The number of hydrogen-bond donors (Lipinski definition) is 1. The van der Waals surface area contributed by atoms with Crippen LogP contribution in [0.1, 0.15) is 58.8 Å². The van der Waals surface area contributed by atoms with Gasteiger partial charge in [-0.05, 0) is 12.8 Å². The number of rotatable bonds is 10. The molecule has 1 aliphatic rings. The zero-order valence-electron chi connectivity index (χ0n) is 13.4. The number of cyclic esters (lactones) is 1. The monoisotopic (exact) mass is 295 g/mol. The summed E-state index contributed by atoms with van der Waals surface area (Å²) in [4.78, 5) is 23.9. The standard InChI is InChI=1S/C17H29NO3/c1-4-6-7-8-9-10-11-14-15(13(3)17(20)21-14)16(19)18-12-5-2/h5,13-15H,2,4,6-12H2,1,3H3,(H,18,19)/t13-,14+,15?/m1/s1. The van der Waals surface area contributed by atoms with Crippen molar-refractivity contribution in [3.05, 3.63) is 12.7 Å². The zero-order valence-corrected chi connectivity index (χ0v) is 13.4. The Kier molecular flexibility index (Phi) is 8.09. The minimum Gasteiger partial charge on any atom is -0.461 e. The van der Waals surface area contributed by atoms with Crippen LogP contribution in [0.5, 0.6) is 0 Å². The Labute approximate surface area is 128 Å². The predicted octanol–water partition coefficient (Wildman–Crippen LogP) is 3.22. The van der Waals surface area contributed by atoms with E-state index in [0.29, 0.717) is 6.54 Å². The normalized spacial score (nSPS) is 24.7. The van der Waals surface area contributed by atoms with E-state index in [4.69, 9.17) is 4.74 Å². The van der Waals surface area contributed by atoms with Gasteiger partial charge in [-0.3, -0.25) is 9.59 Å². The van der Waals surface area contributed by atoms with Crippen LogP contribution in [0.4, 0.5) is 0 Å². The zero-order chi connectivity index (χ0) is 15.7. The third kappa shape index (κ3) is 5.52. The fourth-order valence-electron chi connectivity index (χ4n) is 2.85. The van der Waals surface area contributed by atoms with E-state index in [1.165, 1.54) is 25.7 Å². The summed E-state index contributed by atoms with van der Waals surface area (Å²) in [7, 11) is 0. The fraction of sp³-hybridized carbons (Fsp3) is 0.765. The van der Waals surface area contributed by atoms with Crippen molar-refractivity contribution < 1.29 is 14.3 Å². The van der Waals surface area contributed by atoms with Gasteiger partial charge in [0.1, 0.15) is 6.10 Å². The molecule has 1 heterocycles. The lowest BCUT2D eigenvalue weighted by Crippen LogP contribution is -2.38. The Bertz CT molecular complexity index is 354. The second-order valence-corrected chi connectivity index (χ2v) is 5.88. The van der Waals surface area contributed by atoms with E-state index in [1.54, 1.807) is 13.0 Å². The molecule has 0 radical (unpaired) electrons. The molecule has 4 heteroatoms. The van der Waals surface area contributed by atoms with Gasteiger partial charge in [0.05, 0.1) is 11.8 Å². The number of carbonyl (C=O) groups excluding carboxylic acids is 2. The summed E-state index contributed by atoms with van der Waals surface area (Å²) in [6.07, 6.45) is 9.33. The van der Waals surface area contributed by atoms with Crippen LogP contribution >= 0.6 is 0 Å². The maximum Gasteiger partial charge on any atom is 0.309 e. The number of unbranched alkanes of at least 4 members (excludes halogenated alkanes) is 5. The molecule has 120 valence electrons. The maximum absolute atomic E-state index is 12.2. The molecule has 1 amide bonds. The Hall–Kier alpha value is -1.32. The van der Waals surface area contributed by atoms with Gasteiger partial charge in [-0.2, -0.15) is 0 Å². The summed E-state index contributed by atoms with van der Waals surface area (Å²) in [5.41, 5.74) is 0. The Morgan fingerprint density at radius 1 is 1.29 bits per heavy atom. The van der Waals surface area contributed by atoms with Crippen molar-refractivity contribution in [1.82, 2.24) is 5.32 Å². The molecule has 0 aromatic rings. The largest absolute Gasteiger partial charge is 0.461 e. The lowest BCUT2D eigenvalue weighted by atomic mass is 9.88. The molecule has 0 aliphatic carbocycles. The summed E-state index contributed by atoms with van der Waals surface area (Å²) < 4.78 is 5.39. The molecule has 21 heavy (non-hydrogen) atoms. The summed E-state index contributed by atoms with van der Waals surface area (Å²) in [6, 6.07) is 0. The van der Waals surface area contributed by atoms with Gasteiger partial charge >= 0.3 is 5.97 Å². The lowest BCUT2D eigenvalue weighted by molar-refractivity contribution is -0.144. The van der Waals surface area contributed by atoms with E-state index in [-0.39, 0.29) is 29.8 Å². The lowest BCUT2D eigenvalue weighted by Gasteiger charge is -2.18. The Morgan fingerprint density at radius 2 is 1.95 bits per heavy atom. The molecule has 4 nitrogen and oxygen atoms in total. The third-order valence-corrected chi connectivity index (χ3v) is 4.14. The molecule has 1 fully saturated rings. The van der Waals surface area contributed by atoms with Crippen LogP contribution in [0.3, 0.4) is 0 Å². The van der Waals surface area contributed by atoms with E-state index < -0.39 is 0 Å². The first-order valence-corrected chi connectivity index (χ1v) is 8.20. The van der Waals surface area contributed by atoms with Crippen LogP contribution < -0.4 is 5.32 Å². The average Bonchev–Trinajstić information content (AvgIpc) is 2.75. The van der Waals surface area contributed by atoms with E-state index in [0.717, 1.165) is 19.3 Å². The molecule has 1 unspecified atom stereocenters. The Morgan fingerprint density at radius 3 is 2.62 bits per heavy atom. The molecule has 1 rings (SSSR count). The van der Waals surface area contributed by atoms with Crippen molar-refractivity contribution >= 4 is 11.9 Å². The molecule has 0 saturated carbocycles.